The maximum absolute atomic E-state index is 12.4. The Balaban J connectivity index is 1.61. The van der Waals surface area contributed by atoms with Crippen molar-refractivity contribution in [1.82, 2.24) is 4.72 Å². The van der Waals surface area contributed by atoms with Crippen LogP contribution in [-0.2, 0) is 10.0 Å². The number of amides is 2. The lowest BCUT2D eigenvalue weighted by Crippen LogP contribution is -2.26. The molecule has 1 aromatic heterocycles. The summed E-state index contributed by atoms with van der Waals surface area (Å²) in [4.78, 5) is 12.0. The summed E-state index contributed by atoms with van der Waals surface area (Å²) in [6.07, 6.45) is 0. The number of hydrogen-bond acceptors (Lipinski definition) is 4. The highest BCUT2D eigenvalue weighted by Crippen LogP contribution is 2.27. The highest BCUT2D eigenvalue weighted by molar-refractivity contribution is 7.91. The SMILES string of the molecule is C[C@@H](NS(=O)(=O)c1ccc(Cl)s1)c1ccc(NC(=O)Nc2ccccc2)cc1. The second-order valence-electron chi connectivity index (χ2n) is 5.97. The molecule has 2 amide bonds. The van der Waals surface area contributed by atoms with Gasteiger partial charge in [-0.05, 0) is 48.9 Å². The summed E-state index contributed by atoms with van der Waals surface area (Å²) in [5.41, 5.74) is 2.05. The van der Waals surface area contributed by atoms with E-state index in [-0.39, 0.29) is 10.2 Å². The molecule has 3 aromatic rings. The Kier molecular flexibility index (Phi) is 6.35. The first kappa shape index (κ1) is 20.3. The van der Waals surface area contributed by atoms with Gasteiger partial charge < -0.3 is 10.6 Å². The van der Waals surface area contributed by atoms with Crippen LogP contribution in [0, 0.1) is 0 Å². The molecule has 0 saturated carbocycles. The van der Waals surface area contributed by atoms with Crippen LogP contribution in [0.1, 0.15) is 18.5 Å². The number of anilines is 2. The van der Waals surface area contributed by atoms with Crippen LogP contribution >= 0.6 is 22.9 Å². The Bertz CT molecular complexity index is 1050. The van der Waals surface area contributed by atoms with Gasteiger partial charge in [0.1, 0.15) is 4.21 Å². The lowest BCUT2D eigenvalue weighted by atomic mass is 10.1. The molecule has 0 aliphatic rings. The molecule has 1 atom stereocenters. The van der Waals surface area contributed by atoms with E-state index in [0.717, 1.165) is 16.9 Å². The quantitative estimate of drug-likeness (QED) is 0.504. The van der Waals surface area contributed by atoms with Gasteiger partial charge in [0.05, 0.1) is 4.34 Å². The maximum Gasteiger partial charge on any atom is 0.323 e. The lowest BCUT2D eigenvalue weighted by molar-refractivity contribution is 0.262. The van der Waals surface area contributed by atoms with Crippen molar-refractivity contribution in [2.75, 3.05) is 10.6 Å². The van der Waals surface area contributed by atoms with Gasteiger partial charge in [0.25, 0.3) is 10.0 Å². The topological polar surface area (TPSA) is 87.3 Å². The molecule has 9 heteroatoms. The summed E-state index contributed by atoms with van der Waals surface area (Å²) >= 11 is 6.82. The monoisotopic (exact) mass is 435 g/mol. The molecule has 2 aromatic carbocycles. The maximum atomic E-state index is 12.4. The fourth-order valence-electron chi connectivity index (χ4n) is 2.47. The van der Waals surface area contributed by atoms with E-state index in [0.29, 0.717) is 15.7 Å². The summed E-state index contributed by atoms with van der Waals surface area (Å²) in [5, 5.41) is 5.46. The molecule has 146 valence electrons. The van der Waals surface area contributed by atoms with Crippen molar-refractivity contribution in [2.45, 2.75) is 17.2 Å². The molecule has 0 spiro atoms. The van der Waals surface area contributed by atoms with Crippen LogP contribution in [-0.4, -0.2) is 14.4 Å². The van der Waals surface area contributed by atoms with E-state index in [1.807, 2.05) is 18.2 Å². The van der Waals surface area contributed by atoms with E-state index in [2.05, 4.69) is 15.4 Å². The van der Waals surface area contributed by atoms with E-state index in [4.69, 9.17) is 11.6 Å². The molecule has 0 aliphatic heterocycles. The van der Waals surface area contributed by atoms with E-state index >= 15 is 0 Å². The number of sulfonamides is 1. The molecule has 0 saturated heterocycles. The third kappa shape index (κ3) is 5.32. The zero-order valence-corrected chi connectivity index (χ0v) is 17.2. The fraction of sp³-hybridized carbons (Fsp3) is 0.105. The summed E-state index contributed by atoms with van der Waals surface area (Å²) in [6.45, 7) is 1.75. The van der Waals surface area contributed by atoms with Crippen molar-refractivity contribution in [3.8, 4) is 0 Å². The zero-order chi connectivity index (χ0) is 20.1. The van der Waals surface area contributed by atoms with Crippen LogP contribution < -0.4 is 15.4 Å². The van der Waals surface area contributed by atoms with Crippen molar-refractivity contribution >= 4 is 50.4 Å². The second-order valence-corrected chi connectivity index (χ2v) is 9.62. The Morgan fingerprint density at radius 1 is 0.929 bits per heavy atom. The van der Waals surface area contributed by atoms with Crippen LogP contribution in [0.3, 0.4) is 0 Å². The second kappa shape index (κ2) is 8.74. The smallest absolute Gasteiger partial charge is 0.308 e. The average molecular weight is 436 g/mol. The predicted molar refractivity (Wildman–Crippen MR) is 114 cm³/mol. The van der Waals surface area contributed by atoms with Crippen molar-refractivity contribution in [1.29, 1.82) is 0 Å². The van der Waals surface area contributed by atoms with E-state index < -0.39 is 16.1 Å². The van der Waals surface area contributed by atoms with Gasteiger partial charge in [0.15, 0.2) is 0 Å². The zero-order valence-electron chi connectivity index (χ0n) is 14.8. The van der Waals surface area contributed by atoms with E-state index in [1.165, 1.54) is 6.07 Å². The third-order valence-corrected chi connectivity index (χ3v) is 7.11. The molecular formula is C19H18ClN3O3S2. The van der Waals surface area contributed by atoms with Crippen LogP contribution in [0.15, 0.2) is 70.9 Å². The Labute approximate surface area is 172 Å². The number of hydrogen-bond donors (Lipinski definition) is 3. The van der Waals surface area contributed by atoms with E-state index in [1.54, 1.807) is 49.4 Å². The lowest BCUT2D eigenvalue weighted by Gasteiger charge is -2.14. The minimum absolute atomic E-state index is 0.167. The van der Waals surface area contributed by atoms with Crippen molar-refractivity contribution < 1.29 is 13.2 Å². The standard InChI is InChI=1S/C19H18ClN3O3S2/c1-13(23-28(25,26)18-12-11-17(20)27-18)14-7-9-16(10-8-14)22-19(24)21-15-5-3-2-4-6-15/h2-13,23H,1H3,(H2,21,22,24)/t13-/m1/s1. The van der Waals surface area contributed by atoms with E-state index in [9.17, 15) is 13.2 Å². The van der Waals surface area contributed by atoms with Gasteiger partial charge in [0, 0.05) is 17.4 Å². The molecule has 0 aliphatic carbocycles. The normalized spacial score (nSPS) is 12.4. The summed E-state index contributed by atoms with van der Waals surface area (Å²) in [7, 11) is -3.65. The molecule has 28 heavy (non-hydrogen) atoms. The molecule has 3 rings (SSSR count). The number of urea groups is 1. The van der Waals surface area contributed by atoms with Gasteiger partial charge in [-0.15, -0.1) is 11.3 Å². The Morgan fingerprint density at radius 2 is 1.54 bits per heavy atom. The number of carbonyl (C=O) groups is 1. The first-order valence-corrected chi connectivity index (χ1v) is 11.0. The predicted octanol–water partition coefficient (Wildman–Crippen LogP) is 5.09. The summed E-state index contributed by atoms with van der Waals surface area (Å²) < 4.78 is 28.0. The highest BCUT2D eigenvalue weighted by atomic mass is 35.5. The van der Waals surface area contributed by atoms with Crippen molar-refractivity contribution in [2.24, 2.45) is 0 Å². The molecule has 0 fully saturated rings. The Morgan fingerprint density at radius 3 is 2.11 bits per heavy atom. The molecule has 6 nitrogen and oxygen atoms in total. The number of thiophene rings is 1. The highest BCUT2D eigenvalue weighted by Gasteiger charge is 2.20. The number of nitrogens with one attached hydrogen (secondary N) is 3. The van der Waals surface area contributed by atoms with Gasteiger partial charge in [-0.25, -0.2) is 17.9 Å². The number of rotatable bonds is 6. The van der Waals surface area contributed by atoms with Crippen LogP contribution in [0.4, 0.5) is 16.2 Å². The minimum atomic E-state index is -3.65. The minimum Gasteiger partial charge on any atom is -0.308 e. The fourth-order valence-corrected chi connectivity index (χ4v) is 5.20. The Hall–Kier alpha value is -2.39. The van der Waals surface area contributed by atoms with Crippen molar-refractivity contribution in [3.63, 3.8) is 0 Å². The van der Waals surface area contributed by atoms with Crippen LogP contribution in [0.2, 0.25) is 4.34 Å². The van der Waals surface area contributed by atoms with Gasteiger partial charge in [0.2, 0.25) is 0 Å². The van der Waals surface area contributed by atoms with Gasteiger partial charge in [-0.1, -0.05) is 41.9 Å². The molecule has 0 unspecified atom stereocenters. The van der Waals surface area contributed by atoms with Crippen LogP contribution in [0.25, 0.3) is 0 Å². The third-order valence-electron chi connectivity index (χ3n) is 3.85. The molecule has 0 bridgehead atoms. The molecule has 3 N–H and O–H groups in total. The van der Waals surface area contributed by atoms with Gasteiger partial charge >= 0.3 is 6.03 Å². The molecule has 0 radical (unpaired) electrons. The largest absolute Gasteiger partial charge is 0.323 e. The van der Waals surface area contributed by atoms with Gasteiger partial charge in [-0.3, -0.25) is 0 Å². The van der Waals surface area contributed by atoms with Crippen LogP contribution in [0.5, 0.6) is 0 Å². The summed E-state index contributed by atoms with van der Waals surface area (Å²) in [5.74, 6) is 0. The van der Waals surface area contributed by atoms with Gasteiger partial charge in [-0.2, -0.15) is 0 Å². The number of carbonyl (C=O) groups excluding carboxylic acids is 1. The number of halogens is 1. The average Bonchev–Trinajstić information content (AvgIpc) is 3.10. The molecular weight excluding hydrogens is 418 g/mol. The first-order chi connectivity index (χ1) is 13.3. The number of benzene rings is 2. The first-order valence-electron chi connectivity index (χ1n) is 8.34. The van der Waals surface area contributed by atoms with Crippen molar-refractivity contribution in [3.05, 3.63) is 76.6 Å². The molecule has 1 heterocycles. The number of para-hydroxylation sites is 1. The summed E-state index contributed by atoms with van der Waals surface area (Å²) in [6, 6.07) is 18.3.